The van der Waals surface area contributed by atoms with Crippen molar-refractivity contribution in [1.82, 2.24) is 9.88 Å². The minimum Gasteiger partial charge on any atom is -0.496 e. The number of aromatic nitrogens is 1. The van der Waals surface area contributed by atoms with E-state index in [2.05, 4.69) is 9.88 Å². The Morgan fingerprint density at radius 3 is 3.00 bits per heavy atom. The number of carbonyl (C=O) groups excluding carboxylic acids is 1. The van der Waals surface area contributed by atoms with E-state index in [1.165, 1.54) is 25.3 Å². The van der Waals surface area contributed by atoms with Crippen LogP contribution in [0.15, 0.2) is 42.6 Å². The summed E-state index contributed by atoms with van der Waals surface area (Å²) in [5.41, 5.74) is 1.33. The van der Waals surface area contributed by atoms with E-state index in [4.69, 9.17) is 4.74 Å². The van der Waals surface area contributed by atoms with Crippen molar-refractivity contribution in [3.05, 3.63) is 59.7 Å². The van der Waals surface area contributed by atoms with Crippen LogP contribution in [0, 0.1) is 11.7 Å². The van der Waals surface area contributed by atoms with Crippen molar-refractivity contribution in [3.8, 4) is 5.75 Å². The Balaban J connectivity index is 1.72. The molecule has 0 bridgehead atoms. The fraction of sp³-hybridized carbons (Fsp3) is 0.368. The molecule has 0 unspecified atom stereocenters. The molecule has 0 spiro atoms. The van der Waals surface area contributed by atoms with Crippen molar-refractivity contribution >= 4 is 5.78 Å². The molecule has 0 N–H and O–H groups in total. The lowest BCUT2D eigenvalue weighted by atomic mass is 9.89. The smallest absolute Gasteiger partial charge is 0.171 e. The molecule has 1 aliphatic heterocycles. The lowest BCUT2D eigenvalue weighted by molar-refractivity contribution is 0.0806. The minimum atomic E-state index is -0.416. The van der Waals surface area contributed by atoms with E-state index in [0.717, 1.165) is 31.6 Å². The average molecular weight is 328 g/mol. The minimum absolute atomic E-state index is 0.0444. The fourth-order valence-corrected chi connectivity index (χ4v) is 3.23. The molecule has 2 aromatic rings. The van der Waals surface area contributed by atoms with Crippen LogP contribution in [-0.4, -0.2) is 35.9 Å². The molecule has 1 saturated heterocycles. The number of Topliss-reactive ketones (excluding diaryl/α,β-unsaturated/α-hetero) is 1. The van der Waals surface area contributed by atoms with Gasteiger partial charge in [0.25, 0.3) is 0 Å². The van der Waals surface area contributed by atoms with Gasteiger partial charge in [-0.25, -0.2) is 4.39 Å². The number of ketones is 1. The van der Waals surface area contributed by atoms with Crippen LogP contribution in [0.25, 0.3) is 0 Å². The van der Waals surface area contributed by atoms with Gasteiger partial charge in [-0.05, 0) is 49.7 Å². The number of ether oxygens (including phenoxy) is 1. The average Bonchev–Trinajstić information content (AvgIpc) is 2.62. The lowest BCUT2D eigenvalue weighted by Gasteiger charge is -2.31. The highest BCUT2D eigenvalue weighted by molar-refractivity contribution is 6.00. The first kappa shape index (κ1) is 16.6. The molecule has 0 saturated carbocycles. The van der Waals surface area contributed by atoms with Crippen molar-refractivity contribution in [2.75, 3.05) is 20.2 Å². The number of likely N-dealkylation sites (tertiary alicyclic amines) is 1. The number of methoxy groups -OCH3 is 1. The van der Waals surface area contributed by atoms with Crippen molar-refractivity contribution in [2.24, 2.45) is 5.92 Å². The number of carbonyl (C=O) groups is 1. The summed E-state index contributed by atoms with van der Waals surface area (Å²) in [5.74, 6) is -0.168. The van der Waals surface area contributed by atoms with E-state index in [1.807, 2.05) is 18.2 Å². The zero-order chi connectivity index (χ0) is 16.9. The van der Waals surface area contributed by atoms with Gasteiger partial charge in [0.15, 0.2) is 5.78 Å². The third kappa shape index (κ3) is 3.79. The molecule has 1 aromatic carbocycles. The molecule has 0 amide bonds. The maximum Gasteiger partial charge on any atom is 0.171 e. The SMILES string of the molecule is COc1ccc(F)cc1C(=O)[C@H]1CCCN(Cc2ccccn2)C1. The molecule has 1 aromatic heterocycles. The Labute approximate surface area is 141 Å². The van der Waals surface area contributed by atoms with Crippen LogP contribution < -0.4 is 4.74 Å². The van der Waals surface area contributed by atoms with Crippen molar-refractivity contribution in [1.29, 1.82) is 0 Å². The van der Waals surface area contributed by atoms with Crippen LogP contribution in [0.2, 0.25) is 0 Å². The quantitative estimate of drug-likeness (QED) is 0.790. The molecule has 1 fully saturated rings. The summed E-state index contributed by atoms with van der Waals surface area (Å²) in [6, 6.07) is 9.94. The first-order valence-electron chi connectivity index (χ1n) is 8.17. The van der Waals surface area contributed by atoms with Crippen LogP contribution >= 0.6 is 0 Å². The standard InChI is InChI=1S/C19H21FN2O2/c1-24-18-8-7-15(20)11-17(18)19(23)14-5-4-10-22(12-14)13-16-6-2-3-9-21-16/h2-3,6-9,11,14H,4-5,10,12-13H2,1H3/t14-/m0/s1. The van der Waals surface area contributed by atoms with Crippen molar-refractivity contribution in [2.45, 2.75) is 19.4 Å². The van der Waals surface area contributed by atoms with Gasteiger partial charge in [0.2, 0.25) is 0 Å². The van der Waals surface area contributed by atoms with Crippen molar-refractivity contribution < 1.29 is 13.9 Å². The number of pyridine rings is 1. The Hall–Kier alpha value is -2.27. The van der Waals surface area contributed by atoms with Gasteiger partial charge in [0.1, 0.15) is 11.6 Å². The molecule has 4 nitrogen and oxygen atoms in total. The second kappa shape index (κ2) is 7.53. The van der Waals surface area contributed by atoms with E-state index in [-0.39, 0.29) is 11.7 Å². The summed E-state index contributed by atoms with van der Waals surface area (Å²) in [6.45, 7) is 2.33. The van der Waals surface area contributed by atoms with Crippen LogP contribution in [0.1, 0.15) is 28.9 Å². The van der Waals surface area contributed by atoms with E-state index >= 15 is 0 Å². The maximum atomic E-state index is 13.5. The maximum absolute atomic E-state index is 13.5. The summed E-state index contributed by atoms with van der Waals surface area (Å²) in [4.78, 5) is 19.4. The van der Waals surface area contributed by atoms with Crippen LogP contribution in [0.3, 0.4) is 0 Å². The molecule has 2 heterocycles. The fourth-order valence-electron chi connectivity index (χ4n) is 3.23. The Kier molecular flexibility index (Phi) is 5.20. The van der Waals surface area contributed by atoms with E-state index in [1.54, 1.807) is 6.20 Å². The molecule has 1 atom stereocenters. The van der Waals surface area contributed by atoms with E-state index in [9.17, 15) is 9.18 Å². The summed E-state index contributed by atoms with van der Waals surface area (Å²) in [7, 11) is 1.50. The number of hydrogen-bond acceptors (Lipinski definition) is 4. The second-order valence-electron chi connectivity index (χ2n) is 6.10. The topological polar surface area (TPSA) is 42.4 Å². The predicted molar refractivity (Wildman–Crippen MR) is 89.5 cm³/mol. The molecule has 0 radical (unpaired) electrons. The van der Waals surface area contributed by atoms with E-state index in [0.29, 0.717) is 17.9 Å². The predicted octanol–water partition coefficient (Wildman–Crippen LogP) is 3.32. The summed E-state index contributed by atoms with van der Waals surface area (Å²) >= 11 is 0. The van der Waals surface area contributed by atoms with Gasteiger partial charge >= 0.3 is 0 Å². The highest BCUT2D eigenvalue weighted by atomic mass is 19.1. The number of piperidine rings is 1. The Bertz CT molecular complexity index is 706. The lowest BCUT2D eigenvalue weighted by Crippen LogP contribution is -2.38. The molecule has 5 heteroatoms. The molecular formula is C19H21FN2O2. The number of hydrogen-bond donors (Lipinski definition) is 0. The van der Waals surface area contributed by atoms with Gasteiger partial charge in [-0.2, -0.15) is 0 Å². The number of rotatable bonds is 5. The van der Waals surface area contributed by atoms with Crippen LogP contribution in [0.5, 0.6) is 5.75 Å². The highest BCUT2D eigenvalue weighted by Crippen LogP contribution is 2.27. The Morgan fingerprint density at radius 1 is 1.38 bits per heavy atom. The third-order valence-corrected chi connectivity index (χ3v) is 4.42. The molecule has 3 rings (SSSR count). The largest absolute Gasteiger partial charge is 0.496 e. The van der Waals surface area contributed by atoms with Gasteiger partial charge in [-0.1, -0.05) is 6.07 Å². The number of halogens is 1. The van der Waals surface area contributed by atoms with Gasteiger partial charge in [0.05, 0.1) is 18.4 Å². The molecule has 1 aliphatic rings. The monoisotopic (exact) mass is 328 g/mol. The number of nitrogens with zero attached hydrogens (tertiary/aromatic N) is 2. The van der Waals surface area contributed by atoms with Gasteiger partial charge in [-0.15, -0.1) is 0 Å². The summed E-state index contributed by atoms with van der Waals surface area (Å²) in [6.07, 6.45) is 3.54. The molecule has 126 valence electrons. The van der Waals surface area contributed by atoms with Gasteiger partial charge < -0.3 is 4.74 Å². The zero-order valence-corrected chi connectivity index (χ0v) is 13.7. The zero-order valence-electron chi connectivity index (χ0n) is 13.7. The van der Waals surface area contributed by atoms with Gasteiger partial charge in [-0.3, -0.25) is 14.7 Å². The normalized spacial score (nSPS) is 18.3. The first-order valence-corrected chi connectivity index (χ1v) is 8.17. The number of benzene rings is 1. The second-order valence-corrected chi connectivity index (χ2v) is 6.10. The molecular weight excluding hydrogens is 307 g/mol. The van der Waals surface area contributed by atoms with Crippen LogP contribution in [-0.2, 0) is 6.54 Å². The first-order chi connectivity index (χ1) is 11.7. The van der Waals surface area contributed by atoms with Crippen molar-refractivity contribution in [3.63, 3.8) is 0 Å². The summed E-state index contributed by atoms with van der Waals surface area (Å²) < 4.78 is 18.8. The van der Waals surface area contributed by atoms with Crippen LogP contribution in [0.4, 0.5) is 4.39 Å². The highest BCUT2D eigenvalue weighted by Gasteiger charge is 2.28. The molecule has 0 aliphatic carbocycles. The molecule has 24 heavy (non-hydrogen) atoms. The van der Waals surface area contributed by atoms with Gasteiger partial charge in [0, 0.05) is 25.2 Å². The summed E-state index contributed by atoms with van der Waals surface area (Å²) in [5, 5.41) is 0. The third-order valence-electron chi connectivity index (χ3n) is 4.42. The van der Waals surface area contributed by atoms with E-state index < -0.39 is 5.82 Å². The Morgan fingerprint density at radius 2 is 2.25 bits per heavy atom.